The van der Waals surface area contributed by atoms with Gasteiger partial charge in [0.1, 0.15) is 5.60 Å². The van der Waals surface area contributed by atoms with E-state index in [2.05, 4.69) is 15.3 Å². The van der Waals surface area contributed by atoms with Crippen LogP contribution >= 0.6 is 0 Å². The Hall–Kier alpha value is -1.20. The Morgan fingerprint density at radius 1 is 1.53 bits per heavy atom. The lowest BCUT2D eigenvalue weighted by molar-refractivity contribution is -0.00631. The summed E-state index contributed by atoms with van der Waals surface area (Å²) in [6.07, 6.45) is 4.32. The molecular formula is C10H15N3O2. The summed E-state index contributed by atoms with van der Waals surface area (Å²) in [6, 6.07) is 1.79. The fraction of sp³-hybridized carbons (Fsp3) is 0.600. The van der Waals surface area contributed by atoms with Gasteiger partial charge in [-0.3, -0.25) is 0 Å². The van der Waals surface area contributed by atoms with Gasteiger partial charge in [-0.2, -0.15) is 0 Å². The second-order valence-corrected chi connectivity index (χ2v) is 3.62. The monoisotopic (exact) mass is 209 g/mol. The zero-order valence-corrected chi connectivity index (χ0v) is 8.77. The van der Waals surface area contributed by atoms with E-state index in [-0.39, 0.29) is 5.60 Å². The number of methoxy groups -OCH3 is 1. The number of hydrogen-bond acceptors (Lipinski definition) is 5. The van der Waals surface area contributed by atoms with E-state index in [1.165, 1.54) is 0 Å². The third-order valence-corrected chi connectivity index (χ3v) is 2.63. The lowest BCUT2D eigenvalue weighted by Gasteiger charge is -2.25. The summed E-state index contributed by atoms with van der Waals surface area (Å²) >= 11 is 0. The Bertz CT molecular complexity index is 299. The van der Waals surface area contributed by atoms with Crippen molar-refractivity contribution in [1.82, 2.24) is 9.97 Å². The largest absolute Gasteiger partial charge is 0.378 e. The van der Waals surface area contributed by atoms with Crippen molar-refractivity contribution in [2.24, 2.45) is 0 Å². The number of nitrogens with zero attached hydrogens (tertiary/aromatic N) is 2. The van der Waals surface area contributed by atoms with Gasteiger partial charge in [-0.25, -0.2) is 9.97 Å². The van der Waals surface area contributed by atoms with E-state index in [1.54, 1.807) is 25.6 Å². The van der Waals surface area contributed by atoms with Crippen molar-refractivity contribution >= 4 is 5.95 Å². The van der Waals surface area contributed by atoms with Gasteiger partial charge in [0.15, 0.2) is 0 Å². The van der Waals surface area contributed by atoms with Gasteiger partial charge in [0.05, 0.1) is 6.61 Å². The van der Waals surface area contributed by atoms with Gasteiger partial charge in [0, 0.05) is 39.1 Å². The summed E-state index contributed by atoms with van der Waals surface area (Å²) in [6.45, 7) is 2.06. The van der Waals surface area contributed by atoms with E-state index in [1.807, 2.05) is 0 Å². The molecule has 0 radical (unpaired) electrons. The van der Waals surface area contributed by atoms with Gasteiger partial charge in [-0.05, 0) is 6.07 Å². The van der Waals surface area contributed by atoms with Gasteiger partial charge in [0.25, 0.3) is 0 Å². The normalized spacial score (nSPS) is 25.4. The molecule has 0 saturated carbocycles. The summed E-state index contributed by atoms with van der Waals surface area (Å²) in [4.78, 5) is 8.17. The first-order valence-electron chi connectivity index (χ1n) is 4.98. The number of rotatable bonds is 4. The molecule has 1 aromatic heterocycles. The molecule has 0 spiro atoms. The highest BCUT2D eigenvalue weighted by Gasteiger charge is 2.34. The average molecular weight is 209 g/mol. The molecule has 0 amide bonds. The molecule has 0 bridgehead atoms. The van der Waals surface area contributed by atoms with E-state index in [0.29, 0.717) is 19.1 Å². The first-order valence-corrected chi connectivity index (χ1v) is 4.98. The molecule has 0 aromatic carbocycles. The van der Waals surface area contributed by atoms with Crippen molar-refractivity contribution in [1.29, 1.82) is 0 Å². The highest BCUT2D eigenvalue weighted by molar-refractivity contribution is 5.23. The Kier molecular flexibility index (Phi) is 3.13. The minimum absolute atomic E-state index is 0.223. The number of hydrogen-bond donors (Lipinski definition) is 1. The molecule has 5 heteroatoms. The first kappa shape index (κ1) is 10.3. The molecule has 1 aromatic rings. The zero-order valence-electron chi connectivity index (χ0n) is 8.77. The van der Waals surface area contributed by atoms with E-state index < -0.39 is 0 Å². The molecule has 1 N–H and O–H groups in total. The van der Waals surface area contributed by atoms with Gasteiger partial charge < -0.3 is 14.8 Å². The molecule has 1 aliphatic rings. The summed E-state index contributed by atoms with van der Waals surface area (Å²) in [5.41, 5.74) is -0.223. The fourth-order valence-corrected chi connectivity index (χ4v) is 1.59. The molecule has 1 saturated heterocycles. The number of aromatic nitrogens is 2. The van der Waals surface area contributed by atoms with Crippen LogP contribution in [0.4, 0.5) is 5.95 Å². The predicted octanol–water partition coefficient (Wildman–Crippen LogP) is 0.694. The van der Waals surface area contributed by atoms with Crippen LogP contribution in [0.1, 0.15) is 6.42 Å². The topological polar surface area (TPSA) is 56.3 Å². The Morgan fingerprint density at radius 3 is 2.93 bits per heavy atom. The predicted molar refractivity (Wildman–Crippen MR) is 55.7 cm³/mol. The third kappa shape index (κ3) is 2.43. The van der Waals surface area contributed by atoms with E-state index in [9.17, 15) is 0 Å². The van der Waals surface area contributed by atoms with Gasteiger partial charge in [0.2, 0.25) is 5.95 Å². The standard InChI is InChI=1S/C10H15N3O2/c1-14-10(3-6-15-8-10)7-13-9-11-4-2-5-12-9/h2,4-5H,3,6-8H2,1H3,(H,11,12,13). The molecule has 82 valence electrons. The summed E-state index contributed by atoms with van der Waals surface area (Å²) < 4.78 is 10.8. The van der Waals surface area contributed by atoms with Crippen molar-refractivity contribution in [3.63, 3.8) is 0 Å². The Balaban J connectivity index is 1.92. The maximum atomic E-state index is 5.48. The molecule has 1 atom stereocenters. The quantitative estimate of drug-likeness (QED) is 0.790. The third-order valence-electron chi connectivity index (χ3n) is 2.63. The van der Waals surface area contributed by atoms with Crippen LogP contribution in [-0.4, -0.2) is 42.4 Å². The van der Waals surface area contributed by atoms with Crippen LogP contribution in [0.3, 0.4) is 0 Å². The molecule has 0 aliphatic carbocycles. The number of ether oxygens (including phenoxy) is 2. The van der Waals surface area contributed by atoms with Gasteiger partial charge in [-0.1, -0.05) is 0 Å². The van der Waals surface area contributed by atoms with Crippen LogP contribution in [0.5, 0.6) is 0 Å². The highest BCUT2D eigenvalue weighted by atomic mass is 16.5. The van der Waals surface area contributed by atoms with Crippen molar-refractivity contribution in [2.75, 3.05) is 32.2 Å². The average Bonchev–Trinajstić information content (AvgIpc) is 2.77. The molecule has 2 heterocycles. The van der Waals surface area contributed by atoms with Crippen LogP contribution in [0.15, 0.2) is 18.5 Å². The summed E-state index contributed by atoms with van der Waals surface area (Å²) in [5, 5.41) is 3.15. The Morgan fingerprint density at radius 2 is 2.33 bits per heavy atom. The maximum absolute atomic E-state index is 5.48. The van der Waals surface area contributed by atoms with E-state index >= 15 is 0 Å². The van der Waals surface area contributed by atoms with Crippen LogP contribution in [0, 0.1) is 0 Å². The van der Waals surface area contributed by atoms with Crippen LogP contribution in [-0.2, 0) is 9.47 Å². The van der Waals surface area contributed by atoms with Crippen molar-refractivity contribution in [3.8, 4) is 0 Å². The lowest BCUT2D eigenvalue weighted by Crippen LogP contribution is -2.39. The van der Waals surface area contributed by atoms with Crippen LogP contribution < -0.4 is 5.32 Å². The molecular weight excluding hydrogens is 194 g/mol. The zero-order chi connectivity index (χ0) is 10.6. The van der Waals surface area contributed by atoms with E-state index in [0.717, 1.165) is 13.0 Å². The molecule has 5 nitrogen and oxygen atoms in total. The van der Waals surface area contributed by atoms with Crippen LogP contribution in [0.2, 0.25) is 0 Å². The minimum atomic E-state index is -0.223. The van der Waals surface area contributed by atoms with Gasteiger partial charge in [-0.15, -0.1) is 0 Å². The lowest BCUT2D eigenvalue weighted by atomic mass is 10.0. The van der Waals surface area contributed by atoms with Crippen LogP contribution in [0.25, 0.3) is 0 Å². The van der Waals surface area contributed by atoms with E-state index in [4.69, 9.17) is 9.47 Å². The number of nitrogens with one attached hydrogen (secondary N) is 1. The SMILES string of the molecule is COC1(CNc2ncccn2)CCOC1. The van der Waals surface area contributed by atoms with Crippen molar-refractivity contribution in [3.05, 3.63) is 18.5 Å². The number of anilines is 1. The van der Waals surface area contributed by atoms with Crippen molar-refractivity contribution in [2.45, 2.75) is 12.0 Å². The second kappa shape index (κ2) is 4.55. The first-order chi connectivity index (χ1) is 7.35. The Labute approximate surface area is 88.8 Å². The molecule has 1 unspecified atom stereocenters. The second-order valence-electron chi connectivity index (χ2n) is 3.62. The summed E-state index contributed by atoms with van der Waals surface area (Å²) in [5.74, 6) is 0.626. The van der Waals surface area contributed by atoms with Crippen molar-refractivity contribution < 1.29 is 9.47 Å². The van der Waals surface area contributed by atoms with Gasteiger partial charge >= 0.3 is 0 Å². The fourth-order valence-electron chi connectivity index (χ4n) is 1.59. The molecule has 2 rings (SSSR count). The maximum Gasteiger partial charge on any atom is 0.222 e. The minimum Gasteiger partial charge on any atom is -0.378 e. The highest BCUT2D eigenvalue weighted by Crippen LogP contribution is 2.22. The smallest absolute Gasteiger partial charge is 0.222 e. The summed E-state index contributed by atoms with van der Waals surface area (Å²) in [7, 11) is 1.71. The molecule has 1 fully saturated rings. The molecule has 15 heavy (non-hydrogen) atoms. The molecule has 1 aliphatic heterocycles.